The van der Waals surface area contributed by atoms with Gasteiger partial charge in [-0.1, -0.05) is 0 Å². The molecule has 6 heteroatoms. The number of aromatic nitrogens is 2. The highest BCUT2D eigenvalue weighted by Gasteiger charge is 2.68. The van der Waals surface area contributed by atoms with Gasteiger partial charge in [-0.15, -0.1) is 0 Å². The first kappa shape index (κ1) is 14.9. The maximum absolute atomic E-state index is 12.4. The Balaban J connectivity index is 1.60. The molecule has 4 fully saturated rings. The van der Waals surface area contributed by atoms with Gasteiger partial charge in [0.2, 0.25) is 0 Å². The number of carbonyl (C=O) groups excluding carboxylic acids is 1. The van der Waals surface area contributed by atoms with Crippen LogP contribution in [0.25, 0.3) is 0 Å². The number of hydrogen-bond donors (Lipinski definition) is 0. The molecule has 0 N–H and O–H groups in total. The Kier molecular flexibility index (Phi) is 3.35. The zero-order valence-electron chi connectivity index (χ0n) is 13.0. The molecule has 4 aliphatic carbocycles. The molecule has 5 nitrogen and oxygen atoms in total. The van der Waals surface area contributed by atoms with E-state index >= 15 is 0 Å². The maximum Gasteiger partial charge on any atom is 0.357 e. The van der Waals surface area contributed by atoms with E-state index in [1.165, 1.54) is 12.8 Å². The Morgan fingerprint density at radius 2 is 2.09 bits per heavy atom. The van der Waals surface area contributed by atoms with E-state index in [9.17, 15) is 4.79 Å². The number of nitrogens with zero attached hydrogens (tertiary/aromatic N) is 2. The van der Waals surface area contributed by atoms with Crippen LogP contribution in [-0.2, 0) is 16.0 Å². The van der Waals surface area contributed by atoms with Crippen molar-refractivity contribution < 1.29 is 14.3 Å². The number of methoxy groups -OCH3 is 1. The first-order valence-corrected chi connectivity index (χ1v) is 9.08. The van der Waals surface area contributed by atoms with Crippen molar-refractivity contribution in [2.75, 3.05) is 13.7 Å². The Labute approximate surface area is 143 Å². The lowest BCUT2D eigenvalue weighted by Gasteiger charge is -2.69. The van der Waals surface area contributed by atoms with Crippen LogP contribution in [0.4, 0.5) is 0 Å². The summed E-state index contributed by atoms with van der Waals surface area (Å²) in [6, 6.07) is 0. The molecule has 0 aromatic carbocycles. The topological polar surface area (TPSA) is 53.3 Å². The summed E-state index contributed by atoms with van der Waals surface area (Å²) in [5, 5.41) is 4.78. The molecule has 0 radical (unpaired) electrons. The third-order valence-corrected chi connectivity index (χ3v) is 6.43. The van der Waals surface area contributed by atoms with Crippen molar-refractivity contribution >= 4 is 28.6 Å². The quantitative estimate of drug-likeness (QED) is 0.529. The van der Waals surface area contributed by atoms with Crippen LogP contribution in [0.15, 0.2) is 0 Å². The average molecular weight is 416 g/mol. The van der Waals surface area contributed by atoms with Gasteiger partial charge in [0.05, 0.1) is 21.5 Å². The van der Waals surface area contributed by atoms with Crippen molar-refractivity contribution in [3.05, 3.63) is 15.0 Å². The van der Waals surface area contributed by atoms with Crippen molar-refractivity contribution in [2.45, 2.75) is 57.1 Å². The van der Waals surface area contributed by atoms with E-state index in [0.717, 1.165) is 35.1 Å². The van der Waals surface area contributed by atoms with Crippen LogP contribution in [0.2, 0.25) is 0 Å². The Morgan fingerprint density at radius 3 is 2.64 bits per heavy atom. The molecule has 5 rings (SSSR count). The number of carbonyl (C=O) groups is 1. The second kappa shape index (κ2) is 4.93. The summed E-state index contributed by atoms with van der Waals surface area (Å²) in [6.45, 7) is 3.06. The van der Waals surface area contributed by atoms with Gasteiger partial charge in [-0.05, 0) is 67.0 Å². The molecule has 1 aromatic rings. The second-order valence-electron chi connectivity index (χ2n) is 7.12. The first-order valence-electron chi connectivity index (χ1n) is 8.00. The van der Waals surface area contributed by atoms with Crippen LogP contribution in [0, 0.1) is 8.99 Å². The molecule has 0 amide bonds. The minimum Gasteiger partial charge on any atom is -0.461 e. The monoisotopic (exact) mass is 416 g/mol. The number of rotatable bonds is 6. The van der Waals surface area contributed by atoms with Crippen LogP contribution in [0.5, 0.6) is 0 Å². The first-order chi connectivity index (χ1) is 10.5. The molecule has 0 atom stereocenters. The van der Waals surface area contributed by atoms with Gasteiger partial charge >= 0.3 is 5.97 Å². The fourth-order valence-electron chi connectivity index (χ4n) is 4.18. The van der Waals surface area contributed by atoms with Gasteiger partial charge in [0.25, 0.3) is 0 Å². The molecule has 120 valence electrons. The maximum atomic E-state index is 12.4. The van der Waals surface area contributed by atoms with Gasteiger partial charge in [0.15, 0.2) is 5.69 Å². The highest BCUT2D eigenvalue weighted by atomic mass is 127. The van der Waals surface area contributed by atoms with Crippen LogP contribution in [-0.4, -0.2) is 35.1 Å². The number of esters is 1. The summed E-state index contributed by atoms with van der Waals surface area (Å²) < 4.78 is 13.7. The van der Waals surface area contributed by atoms with Crippen molar-refractivity contribution in [2.24, 2.45) is 5.41 Å². The third-order valence-electron chi connectivity index (χ3n) is 5.36. The predicted octanol–water partition coefficient (Wildman–Crippen LogP) is 3.11. The van der Waals surface area contributed by atoms with E-state index < -0.39 is 0 Å². The van der Waals surface area contributed by atoms with Gasteiger partial charge in [0.1, 0.15) is 0 Å². The lowest BCUT2D eigenvalue weighted by Crippen LogP contribution is -2.69. The summed E-state index contributed by atoms with van der Waals surface area (Å²) in [5.74, 6) is 0.305. The Hall–Kier alpha value is -0.630. The normalized spacial score (nSPS) is 32.3. The Bertz CT molecular complexity index is 616. The minimum atomic E-state index is -0.237. The number of halogens is 1. The zero-order chi connectivity index (χ0) is 15.5. The van der Waals surface area contributed by atoms with E-state index in [1.807, 2.05) is 11.6 Å². The molecule has 1 aromatic heterocycles. The van der Waals surface area contributed by atoms with Gasteiger partial charge in [-0.3, -0.25) is 4.68 Å². The van der Waals surface area contributed by atoms with Crippen molar-refractivity contribution in [1.29, 1.82) is 0 Å². The molecular formula is C16H21IN2O3. The van der Waals surface area contributed by atoms with Crippen molar-refractivity contribution in [1.82, 2.24) is 9.78 Å². The van der Waals surface area contributed by atoms with E-state index in [0.29, 0.717) is 18.2 Å². The van der Waals surface area contributed by atoms with Crippen molar-refractivity contribution in [3.63, 3.8) is 0 Å². The molecule has 4 aliphatic rings. The fourth-order valence-corrected chi connectivity index (χ4v) is 5.23. The third kappa shape index (κ3) is 2.13. The van der Waals surface area contributed by atoms with E-state index in [4.69, 9.17) is 14.6 Å². The largest absolute Gasteiger partial charge is 0.461 e. The molecule has 0 unspecified atom stereocenters. The highest BCUT2D eigenvalue weighted by Crippen LogP contribution is 2.69. The average Bonchev–Trinajstić information content (AvgIpc) is 3.17. The molecule has 4 saturated carbocycles. The summed E-state index contributed by atoms with van der Waals surface area (Å²) in [6.07, 6.45) is 5.65. The number of hydrogen-bond acceptors (Lipinski definition) is 4. The molecule has 0 saturated heterocycles. The highest BCUT2D eigenvalue weighted by molar-refractivity contribution is 14.1. The lowest BCUT2D eigenvalue weighted by molar-refractivity contribution is -0.280. The lowest BCUT2D eigenvalue weighted by atomic mass is 9.41. The summed E-state index contributed by atoms with van der Waals surface area (Å²) in [5.41, 5.74) is 2.16. The molecular weight excluding hydrogens is 395 g/mol. The smallest absolute Gasteiger partial charge is 0.357 e. The minimum absolute atomic E-state index is 0.129. The van der Waals surface area contributed by atoms with E-state index in [1.54, 1.807) is 7.11 Å². The molecule has 2 bridgehead atoms. The standard InChI is InChI=1S/C16H21IN2O3/c1-3-22-14(20)13-11(17)12(10-4-5-10)18-19(13)9-15-6-16(7-15,8-15)21-2/h10H,3-9H2,1-2H3. The van der Waals surface area contributed by atoms with Gasteiger partial charge in [-0.2, -0.15) is 5.10 Å². The zero-order valence-corrected chi connectivity index (χ0v) is 15.2. The van der Waals surface area contributed by atoms with Gasteiger partial charge < -0.3 is 9.47 Å². The van der Waals surface area contributed by atoms with Gasteiger partial charge in [0, 0.05) is 19.6 Å². The second-order valence-corrected chi connectivity index (χ2v) is 8.20. The molecule has 22 heavy (non-hydrogen) atoms. The fraction of sp³-hybridized carbons (Fsp3) is 0.750. The SMILES string of the molecule is CCOC(=O)c1c(I)c(C2CC2)nn1CC12CC(OC)(C1)C2. The van der Waals surface area contributed by atoms with Crippen LogP contribution >= 0.6 is 22.6 Å². The van der Waals surface area contributed by atoms with Crippen molar-refractivity contribution in [3.8, 4) is 0 Å². The summed E-state index contributed by atoms with van der Waals surface area (Å²) in [7, 11) is 1.80. The molecule has 0 spiro atoms. The van der Waals surface area contributed by atoms with Gasteiger partial charge in [-0.25, -0.2) is 4.79 Å². The summed E-state index contributed by atoms with van der Waals surface area (Å²) >= 11 is 2.27. The Morgan fingerprint density at radius 1 is 1.41 bits per heavy atom. The van der Waals surface area contributed by atoms with Crippen LogP contribution < -0.4 is 0 Å². The van der Waals surface area contributed by atoms with E-state index in [2.05, 4.69) is 22.6 Å². The predicted molar refractivity (Wildman–Crippen MR) is 88.9 cm³/mol. The molecule has 0 aliphatic heterocycles. The molecule has 1 heterocycles. The van der Waals surface area contributed by atoms with E-state index in [-0.39, 0.29) is 17.0 Å². The van der Waals surface area contributed by atoms with Crippen LogP contribution in [0.1, 0.15) is 61.1 Å². The van der Waals surface area contributed by atoms with Crippen LogP contribution in [0.3, 0.4) is 0 Å². The summed E-state index contributed by atoms with van der Waals surface area (Å²) in [4.78, 5) is 12.4. The number of ether oxygens (including phenoxy) is 2.